The van der Waals surface area contributed by atoms with Crippen molar-refractivity contribution in [1.82, 2.24) is 9.62 Å². The van der Waals surface area contributed by atoms with Crippen LogP contribution in [-0.2, 0) is 10.0 Å². The van der Waals surface area contributed by atoms with E-state index in [9.17, 15) is 17.6 Å². The molecule has 5 nitrogen and oxygen atoms in total. The fourth-order valence-corrected chi connectivity index (χ4v) is 5.39. The van der Waals surface area contributed by atoms with E-state index in [1.165, 1.54) is 29.3 Å². The van der Waals surface area contributed by atoms with E-state index in [1.807, 2.05) is 0 Å². The average molecular weight is 383 g/mol. The molecule has 1 N–H and O–H groups in total. The van der Waals surface area contributed by atoms with Crippen molar-refractivity contribution in [3.05, 3.63) is 29.6 Å². The third-order valence-electron chi connectivity index (χ3n) is 5.32. The van der Waals surface area contributed by atoms with Crippen LogP contribution in [-0.4, -0.2) is 37.8 Å². The molecule has 3 rings (SSSR count). The Morgan fingerprint density at radius 1 is 1.00 bits per heavy atom. The predicted molar refractivity (Wildman–Crippen MR) is 98.0 cm³/mol. The Bertz CT molecular complexity index is 737. The monoisotopic (exact) mass is 382 g/mol. The summed E-state index contributed by atoms with van der Waals surface area (Å²) in [6, 6.07) is 3.73. The van der Waals surface area contributed by atoms with Gasteiger partial charge < -0.3 is 5.32 Å². The maximum atomic E-state index is 14.3. The van der Waals surface area contributed by atoms with Crippen molar-refractivity contribution >= 4 is 15.9 Å². The zero-order valence-electron chi connectivity index (χ0n) is 15.0. The van der Waals surface area contributed by atoms with Gasteiger partial charge in [-0.05, 0) is 43.9 Å². The van der Waals surface area contributed by atoms with Crippen LogP contribution in [0, 0.1) is 5.82 Å². The molecule has 1 saturated carbocycles. The molecule has 0 spiro atoms. The van der Waals surface area contributed by atoms with Gasteiger partial charge in [0.2, 0.25) is 10.0 Å². The molecule has 0 bridgehead atoms. The molecule has 2 fully saturated rings. The third-order valence-corrected chi connectivity index (χ3v) is 7.23. The molecule has 1 aromatic rings. The van der Waals surface area contributed by atoms with Crippen molar-refractivity contribution in [2.24, 2.45) is 0 Å². The smallest absolute Gasteiger partial charge is 0.251 e. The highest BCUT2D eigenvalue weighted by molar-refractivity contribution is 7.89. The molecule has 144 valence electrons. The van der Waals surface area contributed by atoms with Gasteiger partial charge in [0, 0.05) is 24.7 Å². The second-order valence-electron chi connectivity index (χ2n) is 7.27. The van der Waals surface area contributed by atoms with Gasteiger partial charge >= 0.3 is 0 Å². The SMILES string of the molecule is O=C(NC1CCCCCC1)c1ccc(F)c(S(=O)(=O)N2CCCCC2)c1. The lowest BCUT2D eigenvalue weighted by atomic mass is 10.1. The maximum Gasteiger partial charge on any atom is 0.251 e. The van der Waals surface area contributed by atoms with E-state index in [4.69, 9.17) is 0 Å². The van der Waals surface area contributed by atoms with Crippen LogP contribution in [0.4, 0.5) is 4.39 Å². The molecular formula is C19H27FN2O3S. The van der Waals surface area contributed by atoms with Crippen molar-refractivity contribution in [2.75, 3.05) is 13.1 Å². The zero-order chi connectivity index (χ0) is 18.6. The number of rotatable bonds is 4. The molecule has 1 aliphatic heterocycles. The van der Waals surface area contributed by atoms with Crippen LogP contribution in [0.2, 0.25) is 0 Å². The summed E-state index contributed by atoms with van der Waals surface area (Å²) >= 11 is 0. The van der Waals surface area contributed by atoms with Crippen LogP contribution in [0.15, 0.2) is 23.1 Å². The number of hydrogen-bond donors (Lipinski definition) is 1. The molecule has 26 heavy (non-hydrogen) atoms. The quantitative estimate of drug-likeness (QED) is 0.811. The zero-order valence-corrected chi connectivity index (χ0v) is 15.9. The van der Waals surface area contributed by atoms with Crippen molar-refractivity contribution in [1.29, 1.82) is 0 Å². The third kappa shape index (κ3) is 4.43. The first kappa shape index (κ1) is 19.3. The molecule has 1 saturated heterocycles. The van der Waals surface area contributed by atoms with Crippen LogP contribution in [0.3, 0.4) is 0 Å². The van der Waals surface area contributed by atoms with Crippen molar-refractivity contribution in [3.63, 3.8) is 0 Å². The van der Waals surface area contributed by atoms with Gasteiger partial charge in [-0.25, -0.2) is 12.8 Å². The van der Waals surface area contributed by atoms with Gasteiger partial charge in [-0.2, -0.15) is 4.31 Å². The number of nitrogens with zero attached hydrogens (tertiary/aromatic N) is 1. The first-order valence-corrected chi connectivity index (χ1v) is 11.0. The number of amides is 1. The van der Waals surface area contributed by atoms with Gasteiger partial charge in [0.25, 0.3) is 5.91 Å². The molecule has 0 aromatic heterocycles. The molecular weight excluding hydrogens is 355 g/mol. The second-order valence-corrected chi connectivity index (χ2v) is 9.18. The van der Waals surface area contributed by atoms with E-state index in [1.54, 1.807) is 0 Å². The summed E-state index contributed by atoms with van der Waals surface area (Å²) in [7, 11) is -3.91. The highest BCUT2D eigenvalue weighted by Crippen LogP contribution is 2.24. The lowest BCUT2D eigenvalue weighted by molar-refractivity contribution is 0.0933. The minimum atomic E-state index is -3.91. The standard InChI is InChI=1S/C19H27FN2O3S/c20-17-11-10-15(19(23)21-16-8-4-1-2-5-9-16)14-18(17)26(24,25)22-12-6-3-7-13-22/h10-11,14,16H,1-9,12-13H2,(H,21,23). The first-order chi connectivity index (χ1) is 12.5. The Morgan fingerprint density at radius 2 is 1.62 bits per heavy atom. The number of hydrogen-bond acceptors (Lipinski definition) is 3. The maximum absolute atomic E-state index is 14.3. The summed E-state index contributed by atoms with van der Waals surface area (Å²) in [6.07, 6.45) is 8.95. The Hall–Kier alpha value is -1.47. The van der Waals surface area contributed by atoms with Crippen LogP contribution in [0.5, 0.6) is 0 Å². The van der Waals surface area contributed by atoms with E-state index < -0.39 is 20.7 Å². The summed E-state index contributed by atoms with van der Waals surface area (Å²) < 4.78 is 41.1. The van der Waals surface area contributed by atoms with Crippen molar-refractivity contribution < 1.29 is 17.6 Å². The van der Waals surface area contributed by atoms with E-state index >= 15 is 0 Å². The summed E-state index contributed by atoms with van der Waals surface area (Å²) in [4.78, 5) is 12.2. The summed E-state index contributed by atoms with van der Waals surface area (Å²) in [5.74, 6) is -1.13. The average Bonchev–Trinajstić information content (AvgIpc) is 2.91. The molecule has 7 heteroatoms. The molecule has 1 aliphatic carbocycles. The largest absolute Gasteiger partial charge is 0.349 e. The van der Waals surface area contributed by atoms with Crippen LogP contribution >= 0.6 is 0 Å². The molecule has 2 aliphatic rings. The highest BCUT2D eigenvalue weighted by Gasteiger charge is 2.29. The minimum absolute atomic E-state index is 0.109. The second kappa shape index (κ2) is 8.48. The summed E-state index contributed by atoms with van der Waals surface area (Å²) in [6.45, 7) is 0.806. The number of carbonyl (C=O) groups is 1. The van der Waals surface area contributed by atoms with Crippen molar-refractivity contribution in [2.45, 2.75) is 68.7 Å². The summed E-state index contributed by atoms with van der Waals surface area (Å²) in [5.41, 5.74) is 0.200. The van der Waals surface area contributed by atoms with Gasteiger partial charge in [0.1, 0.15) is 10.7 Å². The number of carbonyl (C=O) groups excluding carboxylic acids is 1. The Labute approximate surface area is 155 Å². The van der Waals surface area contributed by atoms with E-state index in [2.05, 4.69) is 5.32 Å². The van der Waals surface area contributed by atoms with Gasteiger partial charge in [-0.3, -0.25) is 4.79 Å². The van der Waals surface area contributed by atoms with E-state index in [0.29, 0.717) is 13.1 Å². The normalized spacial score (nSPS) is 20.5. The predicted octanol–water partition coefficient (Wildman–Crippen LogP) is 3.45. The molecule has 0 radical (unpaired) electrons. The van der Waals surface area contributed by atoms with Crippen LogP contribution in [0.1, 0.15) is 68.1 Å². The number of halogens is 1. The number of sulfonamides is 1. The lowest BCUT2D eigenvalue weighted by Crippen LogP contribution is -2.37. The molecule has 0 atom stereocenters. The summed E-state index contributed by atoms with van der Waals surface area (Å²) in [5, 5.41) is 2.98. The Kier molecular flexibility index (Phi) is 6.29. The van der Waals surface area contributed by atoms with Gasteiger partial charge in [-0.15, -0.1) is 0 Å². The van der Waals surface area contributed by atoms with Gasteiger partial charge in [0.15, 0.2) is 0 Å². The first-order valence-electron chi connectivity index (χ1n) is 9.59. The van der Waals surface area contributed by atoms with Crippen molar-refractivity contribution in [3.8, 4) is 0 Å². The number of benzene rings is 1. The number of nitrogens with one attached hydrogen (secondary N) is 1. The Morgan fingerprint density at radius 3 is 2.27 bits per heavy atom. The van der Waals surface area contributed by atoms with Crippen LogP contribution < -0.4 is 5.32 Å². The van der Waals surface area contributed by atoms with Crippen LogP contribution in [0.25, 0.3) is 0 Å². The molecule has 0 unspecified atom stereocenters. The van der Waals surface area contributed by atoms with Gasteiger partial charge in [0.05, 0.1) is 0 Å². The van der Waals surface area contributed by atoms with Gasteiger partial charge in [-0.1, -0.05) is 32.1 Å². The van der Waals surface area contributed by atoms with E-state index in [-0.39, 0.29) is 17.5 Å². The highest BCUT2D eigenvalue weighted by atomic mass is 32.2. The molecule has 1 heterocycles. The van der Waals surface area contributed by atoms with E-state index in [0.717, 1.165) is 51.0 Å². The minimum Gasteiger partial charge on any atom is -0.349 e. The fourth-order valence-electron chi connectivity index (χ4n) is 3.78. The number of piperidine rings is 1. The Balaban J connectivity index is 1.79. The molecule has 1 amide bonds. The molecule has 1 aromatic carbocycles. The fraction of sp³-hybridized carbons (Fsp3) is 0.632. The lowest BCUT2D eigenvalue weighted by Gasteiger charge is -2.26. The topological polar surface area (TPSA) is 66.5 Å².